The zero-order chi connectivity index (χ0) is 30.7. The minimum absolute atomic E-state index is 0.00662. The fourth-order valence-corrected chi connectivity index (χ4v) is 6.45. The predicted octanol–water partition coefficient (Wildman–Crippen LogP) is 11.1. The highest BCUT2D eigenvalue weighted by Crippen LogP contribution is 2.48. The maximum absolute atomic E-state index is 12.9. The van der Waals surface area contributed by atoms with Crippen molar-refractivity contribution in [3.63, 3.8) is 0 Å². The van der Waals surface area contributed by atoms with E-state index in [0.29, 0.717) is 11.1 Å². The molecule has 0 bridgehead atoms. The quantitative estimate of drug-likeness (QED) is 0.176. The van der Waals surface area contributed by atoms with Crippen LogP contribution in [0.3, 0.4) is 0 Å². The van der Waals surface area contributed by atoms with Gasteiger partial charge in [-0.1, -0.05) is 145 Å². The van der Waals surface area contributed by atoms with Crippen LogP contribution >= 0.6 is 15.9 Å². The number of anilines is 2. The van der Waals surface area contributed by atoms with Crippen molar-refractivity contribution in [3.05, 3.63) is 178 Å². The molecule has 0 fully saturated rings. The number of halogens is 1. The highest BCUT2D eigenvalue weighted by atomic mass is 79.9. The second-order valence-corrected chi connectivity index (χ2v) is 12.4. The summed E-state index contributed by atoms with van der Waals surface area (Å²) in [6.07, 6.45) is 0. The van der Waals surface area contributed by atoms with Crippen molar-refractivity contribution in [2.75, 3.05) is 11.9 Å². The van der Waals surface area contributed by atoms with Gasteiger partial charge in [-0.05, 0) is 69.8 Å². The molecule has 1 aliphatic rings. The van der Waals surface area contributed by atoms with Crippen LogP contribution in [0.4, 0.5) is 11.4 Å². The third-order valence-electron chi connectivity index (χ3n) is 8.47. The van der Waals surface area contributed by atoms with E-state index in [1.165, 1.54) is 33.4 Å². The van der Waals surface area contributed by atoms with E-state index in [2.05, 4.69) is 120 Å². The molecule has 0 unspecified atom stereocenters. The van der Waals surface area contributed by atoms with Crippen molar-refractivity contribution in [2.24, 2.45) is 0 Å². The lowest BCUT2D eigenvalue weighted by atomic mass is 9.82. The minimum atomic E-state index is 0.00662. The SMILES string of the molecule is CC1(C)c2ccccc2-c2ccccc21.CN(c1ccc(-c2ccccc2)cc1)c1cccc(C(=O)c2ccccc2Br)c1. The van der Waals surface area contributed by atoms with Crippen LogP contribution in [0.15, 0.2) is 156 Å². The molecule has 44 heavy (non-hydrogen) atoms. The molecule has 0 atom stereocenters. The molecule has 216 valence electrons. The summed E-state index contributed by atoms with van der Waals surface area (Å²) < 4.78 is 0.806. The first-order valence-electron chi connectivity index (χ1n) is 14.8. The van der Waals surface area contributed by atoms with Gasteiger partial charge in [0.05, 0.1) is 0 Å². The summed E-state index contributed by atoms with van der Waals surface area (Å²) in [6.45, 7) is 4.61. The molecule has 0 N–H and O–H groups in total. The van der Waals surface area contributed by atoms with Crippen LogP contribution in [0.2, 0.25) is 0 Å². The summed E-state index contributed by atoms with van der Waals surface area (Å²) >= 11 is 3.47. The highest BCUT2D eigenvalue weighted by Gasteiger charge is 2.34. The topological polar surface area (TPSA) is 20.3 Å². The van der Waals surface area contributed by atoms with Gasteiger partial charge in [0.25, 0.3) is 0 Å². The van der Waals surface area contributed by atoms with Gasteiger partial charge < -0.3 is 4.90 Å². The Hall–Kier alpha value is -4.73. The first kappa shape index (κ1) is 29.3. The number of carbonyl (C=O) groups excluding carboxylic acids is 1. The van der Waals surface area contributed by atoms with E-state index in [1.54, 1.807) is 0 Å². The largest absolute Gasteiger partial charge is 0.345 e. The average Bonchev–Trinajstić information content (AvgIpc) is 3.31. The van der Waals surface area contributed by atoms with E-state index in [0.717, 1.165) is 15.8 Å². The van der Waals surface area contributed by atoms with Gasteiger partial charge in [0, 0.05) is 39.4 Å². The second-order valence-electron chi connectivity index (χ2n) is 11.5. The Balaban J connectivity index is 0.000000190. The van der Waals surface area contributed by atoms with Crippen LogP contribution in [-0.4, -0.2) is 12.8 Å². The summed E-state index contributed by atoms with van der Waals surface area (Å²) in [5, 5.41) is 0. The van der Waals surface area contributed by atoms with Crippen LogP contribution in [0.25, 0.3) is 22.3 Å². The molecule has 6 aromatic rings. The monoisotopic (exact) mass is 635 g/mol. The maximum Gasteiger partial charge on any atom is 0.194 e. The number of rotatable bonds is 5. The van der Waals surface area contributed by atoms with Crippen LogP contribution < -0.4 is 4.90 Å². The Morgan fingerprint density at radius 2 is 1.11 bits per heavy atom. The predicted molar refractivity (Wildman–Crippen MR) is 188 cm³/mol. The van der Waals surface area contributed by atoms with Gasteiger partial charge >= 0.3 is 0 Å². The van der Waals surface area contributed by atoms with Crippen molar-refractivity contribution in [1.29, 1.82) is 0 Å². The van der Waals surface area contributed by atoms with E-state index < -0.39 is 0 Å². The molecule has 0 saturated heterocycles. The van der Waals surface area contributed by atoms with Gasteiger partial charge in [-0.3, -0.25) is 4.79 Å². The number of ketones is 1. The molecule has 2 nitrogen and oxygen atoms in total. The van der Waals surface area contributed by atoms with E-state index in [1.807, 2.05) is 73.8 Å². The summed E-state index contributed by atoms with van der Waals surface area (Å²) in [7, 11) is 2.01. The van der Waals surface area contributed by atoms with Gasteiger partial charge in [0.2, 0.25) is 0 Å². The number of nitrogens with zero attached hydrogens (tertiary/aromatic N) is 1. The van der Waals surface area contributed by atoms with Crippen molar-refractivity contribution in [2.45, 2.75) is 19.3 Å². The van der Waals surface area contributed by atoms with Crippen molar-refractivity contribution < 1.29 is 4.79 Å². The fourth-order valence-electron chi connectivity index (χ4n) is 5.98. The van der Waals surface area contributed by atoms with Gasteiger partial charge in [0.1, 0.15) is 0 Å². The molecule has 0 amide bonds. The number of hydrogen-bond acceptors (Lipinski definition) is 2. The zero-order valence-corrected chi connectivity index (χ0v) is 26.8. The Morgan fingerprint density at radius 1 is 0.568 bits per heavy atom. The lowest BCUT2D eigenvalue weighted by molar-refractivity contribution is 0.103. The third kappa shape index (κ3) is 5.76. The van der Waals surface area contributed by atoms with Gasteiger partial charge in [-0.15, -0.1) is 0 Å². The molecule has 7 rings (SSSR count). The zero-order valence-electron chi connectivity index (χ0n) is 25.2. The molecular weight excluding hydrogens is 602 g/mol. The summed E-state index contributed by atoms with van der Waals surface area (Å²) in [5.41, 5.74) is 11.6. The summed E-state index contributed by atoms with van der Waals surface area (Å²) in [5.74, 6) is 0.00662. The molecule has 0 heterocycles. The minimum Gasteiger partial charge on any atom is -0.345 e. The molecule has 0 aliphatic heterocycles. The van der Waals surface area contributed by atoms with E-state index in [4.69, 9.17) is 0 Å². The van der Waals surface area contributed by atoms with Crippen molar-refractivity contribution in [1.82, 2.24) is 0 Å². The smallest absolute Gasteiger partial charge is 0.194 e. The molecule has 0 saturated carbocycles. The highest BCUT2D eigenvalue weighted by molar-refractivity contribution is 9.10. The summed E-state index contributed by atoms with van der Waals surface area (Å²) in [4.78, 5) is 15.0. The Kier molecular flexibility index (Phi) is 8.32. The van der Waals surface area contributed by atoms with Crippen LogP contribution in [0.5, 0.6) is 0 Å². The molecule has 6 aromatic carbocycles. The first-order chi connectivity index (χ1) is 21.3. The lowest BCUT2D eigenvalue weighted by Gasteiger charge is -2.20. The number of fused-ring (bicyclic) bond motifs is 3. The van der Waals surface area contributed by atoms with Crippen molar-refractivity contribution in [3.8, 4) is 22.3 Å². The van der Waals surface area contributed by atoms with Gasteiger partial charge in [0.15, 0.2) is 5.78 Å². The number of benzene rings is 6. The van der Waals surface area contributed by atoms with E-state index in [-0.39, 0.29) is 11.2 Å². The molecule has 1 aliphatic carbocycles. The molecule has 0 radical (unpaired) electrons. The Morgan fingerprint density at radius 3 is 1.75 bits per heavy atom. The standard InChI is InChI=1S/C26H20BrNO.C15H14/c1-28(22-16-14-20(15-17-22)19-8-3-2-4-9-19)23-11-7-10-21(18-23)26(29)24-12-5-6-13-25(24)27;1-15(2)13-9-5-3-7-11(13)12-8-4-6-10-14(12)15/h2-18H,1H3;3-10H,1-2H3. The van der Waals surface area contributed by atoms with Crippen LogP contribution in [0.1, 0.15) is 40.9 Å². The number of carbonyl (C=O) groups is 1. The Labute approximate surface area is 268 Å². The molecule has 0 spiro atoms. The summed E-state index contributed by atoms with van der Waals surface area (Å²) in [6, 6.07) is 51.5. The van der Waals surface area contributed by atoms with Crippen molar-refractivity contribution >= 4 is 33.1 Å². The maximum atomic E-state index is 12.9. The third-order valence-corrected chi connectivity index (χ3v) is 9.16. The van der Waals surface area contributed by atoms with Gasteiger partial charge in [-0.2, -0.15) is 0 Å². The van der Waals surface area contributed by atoms with E-state index in [9.17, 15) is 4.79 Å². The normalized spacial score (nSPS) is 12.4. The second kappa shape index (κ2) is 12.5. The van der Waals surface area contributed by atoms with Crippen LogP contribution in [0, 0.1) is 0 Å². The van der Waals surface area contributed by atoms with E-state index >= 15 is 0 Å². The average molecular weight is 637 g/mol. The first-order valence-corrected chi connectivity index (χ1v) is 15.6. The van der Waals surface area contributed by atoms with Gasteiger partial charge in [-0.25, -0.2) is 0 Å². The molecular formula is C41H34BrNO. The Bertz CT molecular complexity index is 1880. The molecule has 0 aromatic heterocycles. The number of hydrogen-bond donors (Lipinski definition) is 0. The fraction of sp³-hybridized carbons (Fsp3) is 0.0976. The lowest BCUT2D eigenvalue weighted by Crippen LogP contribution is -2.14. The molecule has 3 heteroatoms. The van der Waals surface area contributed by atoms with Crippen LogP contribution in [-0.2, 0) is 5.41 Å².